The monoisotopic (exact) mass is 261 g/mol. The molecule has 0 saturated carbocycles. The number of halogens is 1. The van der Waals surface area contributed by atoms with Crippen molar-refractivity contribution < 1.29 is 14.1 Å². The van der Waals surface area contributed by atoms with Crippen LogP contribution in [0.15, 0.2) is 48.5 Å². The Hall–Kier alpha value is -2.43. The molecule has 2 rings (SSSR count). The fraction of sp³-hybridized carbons (Fsp3) is 0.143. The van der Waals surface area contributed by atoms with E-state index in [-0.39, 0.29) is 11.4 Å². The van der Waals surface area contributed by atoms with Crippen molar-refractivity contribution in [2.75, 3.05) is 0 Å². The summed E-state index contributed by atoms with van der Waals surface area (Å²) >= 11 is 0. The summed E-state index contributed by atoms with van der Waals surface area (Å²) < 4.78 is 18.7. The summed E-state index contributed by atoms with van der Waals surface area (Å²) in [5.41, 5.74) is 0.616. The van der Waals surface area contributed by atoms with Crippen molar-refractivity contribution in [3.63, 3.8) is 0 Å². The van der Waals surface area contributed by atoms with Crippen LogP contribution in [0.3, 0.4) is 0 Å². The Morgan fingerprint density at radius 2 is 1.89 bits per heavy atom. The van der Waals surface area contributed by atoms with E-state index in [9.17, 15) is 14.5 Å². The van der Waals surface area contributed by atoms with Crippen molar-refractivity contribution in [2.24, 2.45) is 0 Å². The van der Waals surface area contributed by atoms with Gasteiger partial charge in [-0.2, -0.15) is 0 Å². The molecule has 0 N–H and O–H groups in total. The highest BCUT2D eigenvalue weighted by Gasteiger charge is 2.18. The summed E-state index contributed by atoms with van der Waals surface area (Å²) in [4.78, 5) is 10.3. The quantitative estimate of drug-likeness (QED) is 0.620. The van der Waals surface area contributed by atoms with Crippen molar-refractivity contribution in [2.45, 2.75) is 13.0 Å². The summed E-state index contributed by atoms with van der Waals surface area (Å²) in [5.74, 6) is -0.637. The Morgan fingerprint density at radius 1 is 1.21 bits per heavy atom. The van der Waals surface area contributed by atoms with Gasteiger partial charge in [0.2, 0.25) is 5.75 Å². The third-order valence-electron chi connectivity index (χ3n) is 2.69. The third-order valence-corrected chi connectivity index (χ3v) is 2.69. The van der Waals surface area contributed by atoms with E-state index in [4.69, 9.17) is 4.74 Å². The highest BCUT2D eigenvalue weighted by molar-refractivity contribution is 5.46. The molecule has 0 fully saturated rings. The number of benzene rings is 2. The largest absolute Gasteiger partial charge is 0.479 e. The SMILES string of the molecule is C[C@H](Oc1cc(F)ccc1[N+](=O)[O-])c1ccccc1. The van der Waals surface area contributed by atoms with E-state index in [0.717, 1.165) is 23.8 Å². The van der Waals surface area contributed by atoms with Crippen molar-refractivity contribution in [3.8, 4) is 5.75 Å². The summed E-state index contributed by atoms with van der Waals surface area (Å²) in [6.45, 7) is 1.75. The van der Waals surface area contributed by atoms with E-state index in [0.29, 0.717) is 0 Å². The predicted octanol–water partition coefficient (Wildman–Crippen LogP) is 3.87. The summed E-state index contributed by atoms with van der Waals surface area (Å²) in [5, 5.41) is 10.9. The second-order valence-corrected chi connectivity index (χ2v) is 4.04. The van der Waals surface area contributed by atoms with Crippen molar-refractivity contribution in [1.82, 2.24) is 0 Å². The zero-order valence-electron chi connectivity index (χ0n) is 10.2. The molecule has 4 nitrogen and oxygen atoms in total. The molecule has 2 aromatic carbocycles. The minimum Gasteiger partial charge on any atom is -0.479 e. The molecule has 0 aliphatic heterocycles. The molecule has 19 heavy (non-hydrogen) atoms. The van der Waals surface area contributed by atoms with Gasteiger partial charge in [-0.3, -0.25) is 10.1 Å². The molecule has 0 aliphatic carbocycles. The molecule has 0 amide bonds. The normalized spacial score (nSPS) is 11.9. The maximum atomic E-state index is 13.2. The molecule has 1 atom stereocenters. The number of nitrogens with zero attached hydrogens (tertiary/aromatic N) is 1. The average Bonchev–Trinajstić information content (AvgIpc) is 2.39. The molecule has 0 aromatic heterocycles. The molecule has 0 spiro atoms. The lowest BCUT2D eigenvalue weighted by Gasteiger charge is -2.14. The number of nitro groups is 1. The molecule has 5 heteroatoms. The molecule has 0 aliphatic rings. The van der Waals surface area contributed by atoms with Crippen LogP contribution < -0.4 is 4.74 Å². The number of ether oxygens (including phenoxy) is 1. The van der Waals surface area contributed by atoms with E-state index in [1.54, 1.807) is 6.92 Å². The molecular weight excluding hydrogens is 249 g/mol. The maximum absolute atomic E-state index is 13.2. The zero-order chi connectivity index (χ0) is 13.8. The van der Waals surface area contributed by atoms with Gasteiger partial charge in [0, 0.05) is 12.1 Å². The van der Waals surface area contributed by atoms with Gasteiger partial charge in [-0.1, -0.05) is 30.3 Å². The Labute approximate surface area is 109 Å². The molecular formula is C14H12FNO3. The number of rotatable bonds is 4. The molecule has 2 aromatic rings. The highest BCUT2D eigenvalue weighted by atomic mass is 19.1. The lowest BCUT2D eigenvalue weighted by molar-refractivity contribution is -0.386. The third kappa shape index (κ3) is 3.07. The van der Waals surface area contributed by atoms with Crippen LogP contribution in [-0.4, -0.2) is 4.92 Å². The fourth-order valence-corrected chi connectivity index (χ4v) is 1.72. The van der Waals surface area contributed by atoms with Gasteiger partial charge in [-0.25, -0.2) is 4.39 Å². The first-order valence-corrected chi connectivity index (χ1v) is 5.73. The van der Waals surface area contributed by atoms with Gasteiger partial charge in [-0.15, -0.1) is 0 Å². The van der Waals surface area contributed by atoms with Crippen LogP contribution in [-0.2, 0) is 0 Å². The van der Waals surface area contributed by atoms with Crippen LogP contribution in [0.1, 0.15) is 18.6 Å². The molecule has 0 bridgehead atoms. The van der Waals surface area contributed by atoms with Crippen LogP contribution in [0.25, 0.3) is 0 Å². The van der Waals surface area contributed by atoms with Gasteiger partial charge in [0.15, 0.2) is 0 Å². The molecule has 0 radical (unpaired) electrons. The first-order valence-electron chi connectivity index (χ1n) is 5.73. The highest BCUT2D eigenvalue weighted by Crippen LogP contribution is 2.31. The molecule has 0 saturated heterocycles. The van der Waals surface area contributed by atoms with Crippen LogP contribution in [0.5, 0.6) is 5.75 Å². The van der Waals surface area contributed by atoms with Gasteiger partial charge < -0.3 is 4.74 Å². The average molecular weight is 261 g/mol. The smallest absolute Gasteiger partial charge is 0.311 e. The number of nitro benzene ring substituents is 1. The van der Waals surface area contributed by atoms with Crippen LogP contribution in [0, 0.1) is 15.9 Å². The van der Waals surface area contributed by atoms with Gasteiger partial charge in [0.25, 0.3) is 0 Å². The van der Waals surface area contributed by atoms with E-state index < -0.39 is 16.8 Å². The standard InChI is InChI=1S/C14H12FNO3/c1-10(11-5-3-2-4-6-11)19-14-9-12(15)7-8-13(14)16(17)18/h2-10H,1H3/t10-/m0/s1. The maximum Gasteiger partial charge on any atom is 0.311 e. The van der Waals surface area contributed by atoms with Gasteiger partial charge >= 0.3 is 5.69 Å². The van der Waals surface area contributed by atoms with Crippen LogP contribution in [0.2, 0.25) is 0 Å². The minimum atomic E-state index is -0.591. The molecule has 98 valence electrons. The summed E-state index contributed by atoms with van der Waals surface area (Å²) in [7, 11) is 0. The Balaban J connectivity index is 2.28. The van der Waals surface area contributed by atoms with E-state index in [2.05, 4.69) is 0 Å². The Kier molecular flexibility index (Phi) is 3.75. The first-order chi connectivity index (χ1) is 9.08. The second-order valence-electron chi connectivity index (χ2n) is 4.04. The van der Waals surface area contributed by atoms with E-state index in [1.807, 2.05) is 30.3 Å². The summed E-state index contributed by atoms with van der Waals surface area (Å²) in [6, 6.07) is 12.4. The number of hydrogen-bond acceptors (Lipinski definition) is 3. The van der Waals surface area contributed by atoms with E-state index in [1.165, 1.54) is 0 Å². The predicted molar refractivity (Wildman–Crippen MR) is 68.5 cm³/mol. The topological polar surface area (TPSA) is 52.4 Å². The van der Waals surface area contributed by atoms with Gasteiger partial charge in [0.1, 0.15) is 11.9 Å². The van der Waals surface area contributed by atoms with Crippen molar-refractivity contribution in [1.29, 1.82) is 0 Å². The Bertz CT molecular complexity index is 586. The van der Waals surface area contributed by atoms with Crippen LogP contribution >= 0.6 is 0 Å². The minimum absolute atomic E-state index is 0.0682. The van der Waals surface area contributed by atoms with Crippen molar-refractivity contribution >= 4 is 5.69 Å². The van der Waals surface area contributed by atoms with Gasteiger partial charge in [0.05, 0.1) is 4.92 Å². The summed E-state index contributed by atoms with van der Waals surface area (Å²) in [6.07, 6.45) is -0.401. The molecule has 0 unspecified atom stereocenters. The van der Waals surface area contributed by atoms with Crippen molar-refractivity contribution in [3.05, 3.63) is 70.0 Å². The van der Waals surface area contributed by atoms with Gasteiger partial charge in [-0.05, 0) is 18.6 Å². The lowest BCUT2D eigenvalue weighted by Crippen LogP contribution is -2.05. The zero-order valence-corrected chi connectivity index (χ0v) is 10.2. The van der Waals surface area contributed by atoms with Crippen LogP contribution in [0.4, 0.5) is 10.1 Å². The first kappa shape index (κ1) is 13.0. The lowest BCUT2D eigenvalue weighted by atomic mass is 10.1. The number of hydrogen-bond donors (Lipinski definition) is 0. The fourth-order valence-electron chi connectivity index (χ4n) is 1.72. The second kappa shape index (κ2) is 5.48. The van der Waals surface area contributed by atoms with E-state index >= 15 is 0 Å². The Morgan fingerprint density at radius 3 is 2.53 bits per heavy atom. The molecule has 0 heterocycles.